The molecule has 1 N–H and O–H groups in total. The smallest absolute Gasteiger partial charge is 0.244 e. The summed E-state index contributed by atoms with van der Waals surface area (Å²) in [7, 11) is -3.46. The van der Waals surface area contributed by atoms with Crippen molar-refractivity contribution in [3.8, 4) is 0 Å². The molecule has 0 bridgehead atoms. The van der Waals surface area contributed by atoms with E-state index in [1.165, 1.54) is 4.31 Å². The molecule has 112 valence electrons. The number of hydrogen-bond donors (Lipinski definition) is 1. The maximum Gasteiger partial charge on any atom is 0.244 e. The minimum atomic E-state index is -3.46. The summed E-state index contributed by atoms with van der Waals surface area (Å²) in [4.78, 5) is 0.282. The van der Waals surface area contributed by atoms with Gasteiger partial charge in [0.25, 0.3) is 0 Å². The number of aliphatic hydroxyl groups is 1. The largest absolute Gasteiger partial charge is 0.390 e. The molecule has 0 amide bonds. The van der Waals surface area contributed by atoms with Crippen LogP contribution in [0.2, 0.25) is 0 Å². The zero-order valence-corrected chi connectivity index (χ0v) is 12.9. The molecule has 2 rings (SSSR count). The van der Waals surface area contributed by atoms with E-state index in [1.54, 1.807) is 12.3 Å². The third-order valence-electron chi connectivity index (χ3n) is 3.52. The summed E-state index contributed by atoms with van der Waals surface area (Å²) >= 11 is 0. The summed E-state index contributed by atoms with van der Waals surface area (Å²) in [5, 5.41) is 9.34. The van der Waals surface area contributed by atoms with Crippen molar-refractivity contribution >= 4 is 10.0 Å². The predicted octanol–water partition coefficient (Wildman–Crippen LogP) is 1.73. The first-order valence-electron chi connectivity index (χ1n) is 6.94. The van der Waals surface area contributed by atoms with Gasteiger partial charge < -0.3 is 9.67 Å². The zero-order valence-electron chi connectivity index (χ0n) is 12.0. The summed E-state index contributed by atoms with van der Waals surface area (Å²) in [5.74, 6) is 0. The second-order valence-electron chi connectivity index (χ2n) is 5.20. The van der Waals surface area contributed by atoms with Crippen LogP contribution < -0.4 is 0 Å². The van der Waals surface area contributed by atoms with Crippen molar-refractivity contribution in [3.05, 3.63) is 29.6 Å². The Morgan fingerprint density at radius 2 is 2.15 bits per heavy atom. The van der Waals surface area contributed by atoms with Crippen LogP contribution in [0.15, 0.2) is 28.8 Å². The Balaban J connectivity index is 2.32. The predicted molar refractivity (Wildman–Crippen MR) is 77.8 cm³/mol. The van der Waals surface area contributed by atoms with Crippen molar-refractivity contribution in [1.29, 1.82) is 0 Å². The lowest BCUT2D eigenvalue weighted by Crippen LogP contribution is -2.35. The fourth-order valence-corrected chi connectivity index (χ4v) is 4.04. The van der Waals surface area contributed by atoms with E-state index in [1.807, 2.05) is 18.4 Å². The molecule has 0 unspecified atom stereocenters. The Hall–Kier alpha value is -1.11. The fraction of sp³-hybridized carbons (Fsp3) is 0.571. The average Bonchev–Trinajstić information content (AvgIpc) is 2.83. The fourth-order valence-electron chi connectivity index (χ4n) is 2.48. The van der Waals surface area contributed by atoms with Gasteiger partial charge in [0.15, 0.2) is 0 Å². The molecule has 0 saturated heterocycles. The standard InChI is InChI=1S/C14H22N2O3S/c1-3-6-15-10-14(8-13(15)11-17)20(18,19)16-7-4-5-12(2)9-16/h5,8,10,17H,3-4,6-7,9,11H2,1-2H3. The van der Waals surface area contributed by atoms with Gasteiger partial charge in [0.2, 0.25) is 10.0 Å². The Morgan fingerprint density at radius 1 is 1.40 bits per heavy atom. The van der Waals surface area contributed by atoms with Crippen LogP contribution in [-0.4, -0.2) is 35.5 Å². The molecule has 0 fully saturated rings. The molecule has 20 heavy (non-hydrogen) atoms. The lowest BCUT2D eigenvalue weighted by Gasteiger charge is -2.24. The van der Waals surface area contributed by atoms with Crippen LogP contribution in [-0.2, 0) is 23.2 Å². The van der Waals surface area contributed by atoms with E-state index in [-0.39, 0.29) is 11.5 Å². The summed E-state index contributed by atoms with van der Waals surface area (Å²) in [6.07, 6.45) is 5.37. The van der Waals surface area contributed by atoms with E-state index in [9.17, 15) is 13.5 Å². The van der Waals surface area contributed by atoms with Crippen LogP contribution in [0, 0.1) is 0 Å². The summed E-state index contributed by atoms with van der Waals surface area (Å²) < 4.78 is 28.6. The molecule has 1 aliphatic heterocycles. The van der Waals surface area contributed by atoms with E-state index >= 15 is 0 Å². The lowest BCUT2D eigenvalue weighted by molar-refractivity contribution is 0.270. The van der Waals surface area contributed by atoms with Crippen LogP contribution >= 0.6 is 0 Å². The summed E-state index contributed by atoms with van der Waals surface area (Å²) in [5.41, 5.74) is 1.73. The number of aromatic nitrogens is 1. The van der Waals surface area contributed by atoms with Gasteiger partial charge in [-0.15, -0.1) is 0 Å². The van der Waals surface area contributed by atoms with Gasteiger partial charge in [-0.1, -0.05) is 18.6 Å². The molecule has 1 aliphatic rings. The van der Waals surface area contributed by atoms with Crippen molar-refractivity contribution in [2.45, 2.75) is 44.7 Å². The van der Waals surface area contributed by atoms with Crippen LogP contribution in [0.1, 0.15) is 32.4 Å². The van der Waals surface area contributed by atoms with Gasteiger partial charge in [-0.05, 0) is 25.8 Å². The van der Waals surface area contributed by atoms with E-state index in [0.717, 1.165) is 18.4 Å². The van der Waals surface area contributed by atoms with Crippen molar-refractivity contribution in [1.82, 2.24) is 8.87 Å². The first kappa shape index (κ1) is 15.3. The highest BCUT2D eigenvalue weighted by Crippen LogP contribution is 2.22. The van der Waals surface area contributed by atoms with Crippen molar-refractivity contribution in [2.75, 3.05) is 13.1 Å². The molecular formula is C14H22N2O3S. The monoisotopic (exact) mass is 298 g/mol. The molecule has 0 atom stereocenters. The molecule has 6 heteroatoms. The highest BCUT2D eigenvalue weighted by molar-refractivity contribution is 7.89. The molecule has 0 aliphatic carbocycles. The Labute approximate surface area is 120 Å². The highest BCUT2D eigenvalue weighted by Gasteiger charge is 2.27. The summed E-state index contributed by atoms with van der Waals surface area (Å²) in [6, 6.07) is 1.58. The van der Waals surface area contributed by atoms with Crippen LogP contribution in [0.25, 0.3) is 0 Å². The number of rotatable bonds is 5. The van der Waals surface area contributed by atoms with Gasteiger partial charge in [-0.3, -0.25) is 0 Å². The third-order valence-corrected chi connectivity index (χ3v) is 5.33. The SMILES string of the molecule is CCCn1cc(S(=O)(=O)N2CCC=C(C)C2)cc1CO. The van der Waals surface area contributed by atoms with E-state index in [4.69, 9.17) is 0 Å². The van der Waals surface area contributed by atoms with Crippen molar-refractivity contribution in [2.24, 2.45) is 0 Å². The number of aryl methyl sites for hydroxylation is 1. The second kappa shape index (κ2) is 6.11. The number of nitrogens with zero attached hydrogens (tertiary/aromatic N) is 2. The molecule has 2 heterocycles. The highest BCUT2D eigenvalue weighted by atomic mass is 32.2. The van der Waals surface area contributed by atoms with Crippen molar-refractivity contribution in [3.63, 3.8) is 0 Å². The zero-order chi connectivity index (χ0) is 14.8. The van der Waals surface area contributed by atoms with E-state index in [0.29, 0.717) is 25.3 Å². The number of hydrogen-bond acceptors (Lipinski definition) is 3. The van der Waals surface area contributed by atoms with Crippen molar-refractivity contribution < 1.29 is 13.5 Å². The van der Waals surface area contributed by atoms with Crippen LogP contribution in [0.5, 0.6) is 0 Å². The molecule has 1 aromatic heterocycles. The van der Waals surface area contributed by atoms with Gasteiger partial charge in [-0.25, -0.2) is 8.42 Å². The second-order valence-corrected chi connectivity index (χ2v) is 7.13. The van der Waals surface area contributed by atoms with Gasteiger partial charge in [0.05, 0.1) is 6.61 Å². The minimum Gasteiger partial charge on any atom is -0.390 e. The normalized spacial score (nSPS) is 17.2. The van der Waals surface area contributed by atoms with Gasteiger partial charge in [0.1, 0.15) is 4.90 Å². The summed E-state index contributed by atoms with van der Waals surface area (Å²) in [6.45, 7) is 5.51. The molecule has 5 nitrogen and oxygen atoms in total. The topological polar surface area (TPSA) is 62.5 Å². The Bertz CT molecular complexity index is 602. The van der Waals surface area contributed by atoms with Gasteiger partial charge in [0, 0.05) is 31.5 Å². The van der Waals surface area contributed by atoms with E-state index < -0.39 is 10.0 Å². The van der Waals surface area contributed by atoms with Gasteiger partial charge in [-0.2, -0.15) is 4.31 Å². The Morgan fingerprint density at radius 3 is 2.75 bits per heavy atom. The van der Waals surface area contributed by atoms with E-state index in [2.05, 4.69) is 6.08 Å². The molecule has 0 radical (unpaired) electrons. The van der Waals surface area contributed by atoms with Gasteiger partial charge >= 0.3 is 0 Å². The first-order chi connectivity index (χ1) is 9.48. The average molecular weight is 298 g/mol. The van der Waals surface area contributed by atoms with Crippen LogP contribution in [0.4, 0.5) is 0 Å². The molecule has 1 aromatic rings. The molecular weight excluding hydrogens is 276 g/mol. The maximum absolute atomic E-state index is 12.6. The number of sulfonamides is 1. The first-order valence-corrected chi connectivity index (χ1v) is 8.38. The minimum absolute atomic E-state index is 0.144. The third kappa shape index (κ3) is 2.97. The molecule has 0 aromatic carbocycles. The maximum atomic E-state index is 12.6. The molecule has 0 saturated carbocycles. The van der Waals surface area contributed by atoms with Crippen LogP contribution in [0.3, 0.4) is 0 Å². The Kier molecular flexibility index (Phi) is 4.67. The quantitative estimate of drug-likeness (QED) is 0.842. The number of aliphatic hydroxyl groups excluding tert-OH is 1. The molecule has 0 spiro atoms. The lowest BCUT2D eigenvalue weighted by atomic mass is 10.2.